The molecule has 2 aromatic carbocycles. The van der Waals surface area contributed by atoms with Crippen LogP contribution in [0.1, 0.15) is 0 Å². The molecule has 0 bridgehead atoms. The summed E-state index contributed by atoms with van der Waals surface area (Å²) in [5.41, 5.74) is -0.837. The molecule has 0 fully saturated rings. The second kappa shape index (κ2) is 4.61. The Morgan fingerprint density at radius 3 is 2.45 bits per heavy atom. The van der Waals surface area contributed by atoms with Crippen molar-refractivity contribution in [3.8, 4) is 5.69 Å². The van der Waals surface area contributed by atoms with Crippen LogP contribution in [0.4, 0.5) is 4.39 Å². The summed E-state index contributed by atoms with van der Waals surface area (Å²) in [5, 5.41) is 0.326. The van der Waals surface area contributed by atoms with Gasteiger partial charge in [0.25, 0.3) is 5.56 Å². The molecule has 100 valence electrons. The van der Waals surface area contributed by atoms with Gasteiger partial charge in [0.2, 0.25) is 0 Å². The second-order valence-electron chi connectivity index (χ2n) is 4.21. The van der Waals surface area contributed by atoms with E-state index in [2.05, 4.69) is 4.98 Å². The summed E-state index contributed by atoms with van der Waals surface area (Å²) in [6, 6.07) is 10.2. The van der Waals surface area contributed by atoms with Crippen LogP contribution in [0, 0.1) is 5.82 Å². The van der Waals surface area contributed by atoms with Gasteiger partial charge in [0.1, 0.15) is 5.82 Å². The van der Waals surface area contributed by atoms with E-state index in [1.165, 1.54) is 30.3 Å². The smallest absolute Gasteiger partial charge is 0.306 e. The number of hydrogen-bond donors (Lipinski definition) is 1. The zero-order chi connectivity index (χ0) is 14.3. The first-order valence-electron chi connectivity index (χ1n) is 5.77. The van der Waals surface area contributed by atoms with Crippen LogP contribution in [0.15, 0.2) is 52.1 Å². The molecule has 0 amide bonds. The Kier molecular flexibility index (Phi) is 2.91. The van der Waals surface area contributed by atoms with E-state index in [1.54, 1.807) is 12.1 Å². The molecule has 0 aliphatic rings. The minimum absolute atomic E-state index is 0.151. The normalized spacial score (nSPS) is 10.9. The van der Waals surface area contributed by atoms with Gasteiger partial charge in [-0.25, -0.2) is 13.8 Å². The number of hydrogen-bond acceptors (Lipinski definition) is 2. The first-order chi connectivity index (χ1) is 9.58. The predicted molar refractivity (Wildman–Crippen MR) is 75.1 cm³/mol. The molecule has 0 spiro atoms. The van der Waals surface area contributed by atoms with Crippen LogP contribution >= 0.6 is 11.6 Å². The average molecular weight is 291 g/mol. The van der Waals surface area contributed by atoms with Crippen molar-refractivity contribution >= 4 is 22.5 Å². The summed E-state index contributed by atoms with van der Waals surface area (Å²) in [7, 11) is 0. The van der Waals surface area contributed by atoms with Crippen molar-refractivity contribution in [1.29, 1.82) is 0 Å². The van der Waals surface area contributed by atoms with Crippen molar-refractivity contribution in [2.24, 2.45) is 0 Å². The van der Waals surface area contributed by atoms with E-state index in [4.69, 9.17) is 11.6 Å². The first-order valence-corrected chi connectivity index (χ1v) is 6.15. The Morgan fingerprint density at radius 1 is 1.05 bits per heavy atom. The molecule has 1 N–H and O–H groups in total. The zero-order valence-electron chi connectivity index (χ0n) is 10.1. The number of fused-ring (bicyclic) bond motifs is 1. The van der Waals surface area contributed by atoms with E-state index in [1.807, 2.05) is 0 Å². The van der Waals surface area contributed by atoms with E-state index in [9.17, 15) is 14.0 Å². The maximum atomic E-state index is 13.8. The van der Waals surface area contributed by atoms with Crippen LogP contribution in [0.25, 0.3) is 16.6 Å². The molecule has 0 aliphatic carbocycles. The molecule has 1 aromatic heterocycles. The zero-order valence-corrected chi connectivity index (χ0v) is 10.8. The molecule has 6 heteroatoms. The van der Waals surface area contributed by atoms with Crippen LogP contribution in [-0.4, -0.2) is 9.55 Å². The van der Waals surface area contributed by atoms with Gasteiger partial charge in [0.05, 0.1) is 16.6 Å². The summed E-state index contributed by atoms with van der Waals surface area (Å²) in [6.45, 7) is 0. The summed E-state index contributed by atoms with van der Waals surface area (Å²) in [6.07, 6.45) is 0. The molecular weight excluding hydrogens is 283 g/mol. The molecule has 0 aliphatic heterocycles. The van der Waals surface area contributed by atoms with Gasteiger partial charge in [0, 0.05) is 5.02 Å². The minimum atomic E-state index is -0.704. The number of aromatic amines is 1. The van der Waals surface area contributed by atoms with Gasteiger partial charge in [-0.3, -0.25) is 4.79 Å². The highest BCUT2D eigenvalue weighted by molar-refractivity contribution is 6.30. The maximum absolute atomic E-state index is 13.8. The Balaban J connectivity index is 2.43. The minimum Gasteiger partial charge on any atom is -0.306 e. The highest BCUT2D eigenvalue weighted by Gasteiger charge is 2.12. The Labute approximate surface area is 117 Å². The van der Waals surface area contributed by atoms with E-state index < -0.39 is 17.1 Å². The number of aromatic nitrogens is 2. The monoisotopic (exact) mass is 290 g/mol. The Morgan fingerprint density at radius 2 is 1.75 bits per heavy atom. The van der Waals surface area contributed by atoms with Crippen LogP contribution in [0.3, 0.4) is 0 Å². The lowest BCUT2D eigenvalue weighted by atomic mass is 10.2. The van der Waals surface area contributed by atoms with Crippen molar-refractivity contribution in [3.63, 3.8) is 0 Å². The molecule has 1 heterocycles. The van der Waals surface area contributed by atoms with Crippen molar-refractivity contribution in [3.05, 3.63) is 74.1 Å². The average Bonchev–Trinajstić information content (AvgIpc) is 2.40. The lowest BCUT2D eigenvalue weighted by molar-refractivity contribution is 0.637. The maximum Gasteiger partial charge on any atom is 0.333 e. The van der Waals surface area contributed by atoms with Crippen LogP contribution in [0.2, 0.25) is 5.02 Å². The molecule has 3 aromatic rings. The standard InChI is InChI=1S/C14H8ClFN2O2/c15-8-4-6-9(7-5-8)18-13(19)12-10(16)2-1-3-11(12)17-14(18)20/h1-7H,(H,17,20). The highest BCUT2D eigenvalue weighted by Crippen LogP contribution is 2.13. The number of nitrogens with one attached hydrogen (secondary N) is 1. The number of benzene rings is 2. The Bertz CT molecular complexity index is 913. The third-order valence-electron chi connectivity index (χ3n) is 2.96. The number of halogens is 2. The largest absolute Gasteiger partial charge is 0.333 e. The van der Waals surface area contributed by atoms with Crippen molar-refractivity contribution in [1.82, 2.24) is 9.55 Å². The fourth-order valence-corrected chi connectivity index (χ4v) is 2.17. The number of H-pyrrole nitrogens is 1. The van der Waals surface area contributed by atoms with Crippen LogP contribution in [-0.2, 0) is 0 Å². The van der Waals surface area contributed by atoms with Gasteiger partial charge in [-0.1, -0.05) is 17.7 Å². The number of nitrogens with zero attached hydrogens (tertiary/aromatic N) is 1. The lowest BCUT2D eigenvalue weighted by Gasteiger charge is -2.06. The topological polar surface area (TPSA) is 54.9 Å². The summed E-state index contributed by atoms with van der Waals surface area (Å²) < 4.78 is 14.7. The third-order valence-corrected chi connectivity index (χ3v) is 3.21. The quantitative estimate of drug-likeness (QED) is 0.748. The van der Waals surface area contributed by atoms with E-state index >= 15 is 0 Å². The van der Waals surface area contributed by atoms with Crippen molar-refractivity contribution in [2.75, 3.05) is 0 Å². The molecule has 0 saturated heterocycles. The fourth-order valence-electron chi connectivity index (χ4n) is 2.05. The first kappa shape index (κ1) is 12.6. The molecule has 20 heavy (non-hydrogen) atoms. The summed E-state index contributed by atoms with van der Waals surface area (Å²) in [4.78, 5) is 26.8. The van der Waals surface area contributed by atoms with Gasteiger partial charge >= 0.3 is 5.69 Å². The third kappa shape index (κ3) is 1.92. The van der Waals surface area contributed by atoms with Gasteiger partial charge in [-0.05, 0) is 36.4 Å². The second-order valence-corrected chi connectivity index (χ2v) is 4.65. The van der Waals surface area contributed by atoms with Gasteiger partial charge in [-0.2, -0.15) is 0 Å². The molecule has 0 atom stereocenters. The predicted octanol–water partition coefficient (Wildman–Crippen LogP) is 2.47. The summed E-state index contributed by atoms with van der Waals surface area (Å²) in [5.74, 6) is -0.675. The SMILES string of the molecule is O=c1[nH]c2cccc(F)c2c(=O)n1-c1ccc(Cl)cc1. The molecule has 0 saturated carbocycles. The molecule has 4 nitrogen and oxygen atoms in total. The van der Waals surface area contributed by atoms with Gasteiger partial charge in [-0.15, -0.1) is 0 Å². The fraction of sp³-hybridized carbons (Fsp3) is 0. The van der Waals surface area contributed by atoms with Crippen molar-refractivity contribution in [2.45, 2.75) is 0 Å². The Hall–Kier alpha value is -2.40. The van der Waals surface area contributed by atoms with Crippen molar-refractivity contribution < 1.29 is 4.39 Å². The highest BCUT2D eigenvalue weighted by atomic mass is 35.5. The molecule has 0 radical (unpaired) electrons. The lowest BCUT2D eigenvalue weighted by Crippen LogP contribution is -2.34. The van der Waals surface area contributed by atoms with Crippen LogP contribution < -0.4 is 11.2 Å². The molecular formula is C14H8ClFN2O2. The van der Waals surface area contributed by atoms with E-state index in [0.717, 1.165) is 4.57 Å². The van der Waals surface area contributed by atoms with E-state index in [0.29, 0.717) is 10.7 Å². The molecule has 3 rings (SSSR count). The van der Waals surface area contributed by atoms with Crippen LogP contribution in [0.5, 0.6) is 0 Å². The summed E-state index contributed by atoms with van der Waals surface area (Å²) >= 11 is 5.77. The van der Waals surface area contributed by atoms with Gasteiger partial charge < -0.3 is 4.98 Å². The molecule has 0 unspecified atom stereocenters. The van der Waals surface area contributed by atoms with E-state index in [-0.39, 0.29) is 10.9 Å². The number of rotatable bonds is 1. The van der Waals surface area contributed by atoms with Gasteiger partial charge in [0.15, 0.2) is 0 Å².